The van der Waals surface area contributed by atoms with Crippen LogP contribution < -0.4 is 11.1 Å². The van der Waals surface area contributed by atoms with Crippen molar-refractivity contribution in [3.05, 3.63) is 21.9 Å². The van der Waals surface area contributed by atoms with Crippen LogP contribution in [-0.2, 0) is 0 Å². The minimum atomic E-state index is 0.0107. The van der Waals surface area contributed by atoms with Crippen LogP contribution in [0.25, 0.3) is 0 Å². The first kappa shape index (κ1) is 16.7. The summed E-state index contributed by atoms with van der Waals surface area (Å²) < 4.78 is 0. The zero-order chi connectivity index (χ0) is 14.8. The van der Waals surface area contributed by atoms with Gasteiger partial charge in [0.1, 0.15) is 0 Å². The van der Waals surface area contributed by atoms with Crippen LogP contribution >= 0.6 is 11.3 Å². The molecule has 3 N–H and O–H groups in total. The highest BCUT2D eigenvalue weighted by molar-refractivity contribution is 7.10. The Morgan fingerprint density at radius 3 is 2.85 bits per heavy atom. The molecule has 1 aromatic heterocycles. The lowest BCUT2D eigenvalue weighted by Crippen LogP contribution is -2.34. The van der Waals surface area contributed by atoms with Crippen molar-refractivity contribution in [3.8, 4) is 11.8 Å². The van der Waals surface area contributed by atoms with Crippen LogP contribution in [0.1, 0.15) is 61.2 Å². The van der Waals surface area contributed by atoms with Gasteiger partial charge in [-0.05, 0) is 18.9 Å². The number of carbonyl (C=O) groups excluding carboxylic acids is 1. The van der Waals surface area contributed by atoms with Crippen molar-refractivity contribution in [1.82, 2.24) is 5.32 Å². The third kappa shape index (κ3) is 5.77. The van der Waals surface area contributed by atoms with Crippen LogP contribution in [0.15, 0.2) is 11.4 Å². The van der Waals surface area contributed by atoms with Gasteiger partial charge in [0.15, 0.2) is 0 Å². The normalized spacial score (nSPS) is 11.6. The lowest BCUT2D eigenvalue weighted by atomic mass is 10.0. The van der Waals surface area contributed by atoms with E-state index in [9.17, 15) is 4.79 Å². The number of rotatable bonds is 7. The summed E-state index contributed by atoms with van der Waals surface area (Å²) in [5.74, 6) is 5.77. The number of unbranched alkanes of at least 4 members (excludes halogenated alkanes) is 1. The smallest absolute Gasteiger partial charge is 0.252 e. The highest BCUT2D eigenvalue weighted by Gasteiger charge is 2.13. The third-order valence-electron chi connectivity index (χ3n) is 3.05. The predicted octanol–water partition coefficient (Wildman–Crippen LogP) is 3.15. The molecule has 0 saturated carbocycles. The van der Waals surface area contributed by atoms with Crippen LogP contribution in [0.2, 0.25) is 0 Å². The van der Waals surface area contributed by atoms with Crippen LogP contribution in [0.5, 0.6) is 0 Å². The summed E-state index contributed by atoms with van der Waals surface area (Å²) in [6.07, 6.45) is 5.50. The second-order valence-corrected chi connectivity index (χ2v) is 5.72. The Morgan fingerprint density at radius 1 is 1.40 bits per heavy atom. The van der Waals surface area contributed by atoms with E-state index < -0.39 is 0 Å². The zero-order valence-corrected chi connectivity index (χ0v) is 13.2. The summed E-state index contributed by atoms with van der Waals surface area (Å²) in [6.45, 7) is 4.66. The molecule has 110 valence electrons. The fraction of sp³-hybridized carbons (Fsp3) is 0.562. The number of hydrogen-bond donors (Lipinski definition) is 2. The average Bonchev–Trinajstić information content (AvgIpc) is 2.91. The molecule has 0 saturated heterocycles. The molecule has 1 atom stereocenters. The maximum absolute atomic E-state index is 12.2. The van der Waals surface area contributed by atoms with Crippen LogP contribution in [0.3, 0.4) is 0 Å². The van der Waals surface area contributed by atoms with E-state index in [1.165, 1.54) is 11.3 Å². The van der Waals surface area contributed by atoms with E-state index in [0.717, 1.165) is 37.0 Å². The minimum Gasteiger partial charge on any atom is -0.349 e. The van der Waals surface area contributed by atoms with Crippen molar-refractivity contribution in [2.75, 3.05) is 6.54 Å². The molecule has 0 spiro atoms. The van der Waals surface area contributed by atoms with Gasteiger partial charge in [-0.25, -0.2) is 0 Å². The van der Waals surface area contributed by atoms with Crippen molar-refractivity contribution in [2.24, 2.45) is 5.73 Å². The van der Waals surface area contributed by atoms with Gasteiger partial charge in [0.2, 0.25) is 0 Å². The summed E-state index contributed by atoms with van der Waals surface area (Å²) >= 11 is 1.49. The van der Waals surface area contributed by atoms with Gasteiger partial charge >= 0.3 is 0 Å². The molecule has 3 nitrogen and oxygen atoms in total. The van der Waals surface area contributed by atoms with Gasteiger partial charge < -0.3 is 11.1 Å². The Balaban J connectivity index is 2.61. The summed E-state index contributed by atoms with van der Waals surface area (Å²) in [5, 5.41) is 4.99. The molecule has 0 bridgehead atoms. The molecule has 0 fully saturated rings. The van der Waals surface area contributed by atoms with E-state index in [-0.39, 0.29) is 11.9 Å². The Bertz CT molecular complexity index is 470. The topological polar surface area (TPSA) is 55.1 Å². The first-order chi connectivity index (χ1) is 9.71. The molecule has 4 heteroatoms. The van der Waals surface area contributed by atoms with Crippen molar-refractivity contribution < 1.29 is 4.79 Å². The van der Waals surface area contributed by atoms with Gasteiger partial charge in [-0.15, -0.1) is 11.3 Å². The quantitative estimate of drug-likeness (QED) is 0.759. The summed E-state index contributed by atoms with van der Waals surface area (Å²) in [5.41, 5.74) is 6.04. The van der Waals surface area contributed by atoms with Crippen LogP contribution in [0, 0.1) is 11.8 Å². The molecule has 1 unspecified atom stereocenters. The SMILES string of the molecule is CCCCC(CCC)NC(=O)c1csc(C#CCN)c1. The van der Waals surface area contributed by atoms with Crippen molar-refractivity contribution in [2.45, 2.75) is 52.0 Å². The lowest BCUT2D eigenvalue weighted by molar-refractivity contribution is 0.0932. The molecule has 20 heavy (non-hydrogen) atoms. The number of nitrogens with one attached hydrogen (secondary N) is 1. The van der Waals surface area contributed by atoms with Gasteiger partial charge in [0.05, 0.1) is 17.0 Å². The molecule has 0 aliphatic rings. The Labute approximate surface area is 126 Å². The maximum Gasteiger partial charge on any atom is 0.252 e. The number of nitrogens with two attached hydrogens (primary N) is 1. The van der Waals surface area contributed by atoms with E-state index in [2.05, 4.69) is 31.0 Å². The monoisotopic (exact) mass is 292 g/mol. The molecule has 1 amide bonds. The van der Waals surface area contributed by atoms with Gasteiger partial charge in [-0.1, -0.05) is 45.0 Å². The molecule has 1 aromatic rings. The third-order valence-corrected chi connectivity index (χ3v) is 3.90. The van der Waals surface area contributed by atoms with Crippen molar-refractivity contribution in [3.63, 3.8) is 0 Å². The average molecular weight is 292 g/mol. The molecule has 0 radical (unpaired) electrons. The first-order valence-corrected chi connectivity index (χ1v) is 8.17. The second-order valence-electron chi connectivity index (χ2n) is 4.81. The van der Waals surface area contributed by atoms with E-state index >= 15 is 0 Å². The molecule has 1 rings (SSSR count). The van der Waals surface area contributed by atoms with Crippen molar-refractivity contribution >= 4 is 17.2 Å². The Morgan fingerprint density at radius 2 is 2.20 bits per heavy atom. The number of carbonyl (C=O) groups is 1. The number of hydrogen-bond acceptors (Lipinski definition) is 3. The van der Waals surface area contributed by atoms with Gasteiger partial charge in [0.25, 0.3) is 5.91 Å². The maximum atomic E-state index is 12.2. The molecule has 0 aromatic carbocycles. The van der Waals surface area contributed by atoms with Crippen LogP contribution in [-0.4, -0.2) is 18.5 Å². The standard InChI is InChI=1S/C16H24N2OS/c1-3-5-8-14(7-4-2)18-16(19)13-11-15(20-12-13)9-6-10-17/h11-12,14H,3-5,7-8,10,17H2,1-2H3,(H,18,19). The molecular weight excluding hydrogens is 268 g/mol. The van der Waals surface area contributed by atoms with Crippen molar-refractivity contribution in [1.29, 1.82) is 0 Å². The highest BCUT2D eigenvalue weighted by Crippen LogP contribution is 2.15. The Hall–Kier alpha value is -1.31. The van der Waals surface area contributed by atoms with Crippen LogP contribution in [0.4, 0.5) is 0 Å². The summed E-state index contributed by atoms with van der Waals surface area (Å²) in [4.78, 5) is 13.1. The molecular formula is C16H24N2OS. The number of amides is 1. The fourth-order valence-electron chi connectivity index (χ4n) is 2.02. The fourth-order valence-corrected chi connectivity index (χ4v) is 2.77. The number of thiophene rings is 1. The van der Waals surface area contributed by atoms with Gasteiger partial charge in [-0.2, -0.15) is 0 Å². The van der Waals surface area contributed by atoms with E-state index in [4.69, 9.17) is 5.73 Å². The van der Waals surface area contributed by atoms with E-state index in [1.807, 2.05) is 11.4 Å². The molecule has 0 aliphatic carbocycles. The predicted molar refractivity (Wildman–Crippen MR) is 85.9 cm³/mol. The van der Waals surface area contributed by atoms with Gasteiger partial charge in [0, 0.05) is 11.4 Å². The largest absolute Gasteiger partial charge is 0.349 e. The summed E-state index contributed by atoms with van der Waals surface area (Å²) in [6, 6.07) is 2.12. The molecule has 1 heterocycles. The minimum absolute atomic E-state index is 0.0107. The first-order valence-electron chi connectivity index (χ1n) is 7.29. The zero-order valence-electron chi connectivity index (χ0n) is 12.4. The Kier molecular flexibility index (Phi) is 8.01. The summed E-state index contributed by atoms with van der Waals surface area (Å²) in [7, 11) is 0. The second kappa shape index (κ2) is 9.57. The van der Waals surface area contributed by atoms with E-state index in [0.29, 0.717) is 12.1 Å². The molecule has 0 aliphatic heterocycles. The lowest BCUT2D eigenvalue weighted by Gasteiger charge is -2.17. The van der Waals surface area contributed by atoms with Gasteiger partial charge in [-0.3, -0.25) is 4.79 Å². The highest BCUT2D eigenvalue weighted by atomic mass is 32.1. The van der Waals surface area contributed by atoms with E-state index in [1.54, 1.807) is 0 Å².